The van der Waals surface area contributed by atoms with E-state index in [4.69, 9.17) is 4.74 Å². The van der Waals surface area contributed by atoms with E-state index in [1.165, 1.54) is 5.56 Å². The molecule has 1 fully saturated rings. The average Bonchev–Trinajstić information content (AvgIpc) is 2.86. The van der Waals surface area contributed by atoms with Gasteiger partial charge in [0, 0.05) is 8.99 Å². The number of ether oxygens (including phenoxy) is 1. The van der Waals surface area contributed by atoms with Crippen LogP contribution in [0.3, 0.4) is 0 Å². The van der Waals surface area contributed by atoms with Gasteiger partial charge in [-0.05, 0) is 83.3 Å². The Hall–Kier alpha value is -2.41. The van der Waals surface area contributed by atoms with Gasteiger partial charge in [0.25, 0.3) is 0 Å². The minimum Gasteiger partial charge on any atom is -0.376 e. The number of nitrogens with zero attached hydrogens (tertiary/aromatic N) is 1. The van der Waals surface area contributed by atoms with Crippen LogP contribution in [0.5, 0.6) is 0 Å². The molecule has 3 nitrogen and oxygen atoms in total. The molecular formula is C28H26F3IN2O. The second-order valence-corrected chi connectivity index (χ2v) is 9.99. The fourth-order valence-corrected chi connectivity index (χ4v) is 6.26. The van der Waals surface area contributed by atoms with Gasteiger partial charge in [0.05, 0.1) is 24.3 Å². The molecular weight excluding hydrogens is 564 g/mol. The zero-order chi connectivity index (χ0) is 25.1. The lowest BCUT2D eigenvalue weighted by Crippen LogP contribution is -2.43. The molecule has 7 heteroatoms. The molecule has 0 spiro atoms. The lowest BCUT2D eigenvalue weighted by atomic mass is 9.74. The summed E-state index contributed by atoms with van der Waals surface area (Å²) in [5.41, 5.74) is 1.84. The quantitative estimate of drug-likeness (QED) is 0.315. The molecule has 1 heterocycles. The molecule has 3 aromatic carbocycles. The maximum atomic E-state index is 14.2. The maximum absolute atomic E-state index is 14.2. The number of hydrogen-bond donors (Lipinski definition) is 1. The van der Waals surface area contributed by atoms with E-state index in [0.29, 0.717) is 28.9 Å². The van der Waals surface area contributed by atoms with Crippen LogP contribution in [0.15, 0.2) is 60.7 Å². The fraction of sp³-hybridized carbons (Fsp3) is 0.321. The molecule has 1 aliphatic rings. The van der Waals surface area contributed by atoms with Crippen molar-refractivity contribution >= 4 is 22.6 Å². The summed E-state index contributed by atoms with van der Waals surface area (Å²) in [5, 5.41) is 13.2. The van der Waals surface area contributed by atoms with Crippen LogP contribution in [0, 0.1) is 21.8 Å². The monoisotopic (exact) mass is 590 g/mol. The van der Waals surface area contributed by atoms with Crippen LogP contribution >= 0.6 is 22.6 Å². The number of hydrogen-bond acceptors (Lipinski definition) is 3. The Balaban J connectivity index is 1.75. The predicted octanol–water partition coefficient (Wildman–Crippen LogP) is 7.00. The van der Waals surface area contributed by atoms with E-state index in [1.807, 2.05) is 30.3 Å². The zero-order valence-electron chi connectivity index (χ0n) is 19.4. The minimum absolute atomic E-state index is 0.0400. The third-order valence-corrected chi connectivity index (χ3v) is 7.93. The third-order valence-electron chi connectivity index (χ3n) is 6.85. The molecule has 0 atom stereocenters. The van der Waals surface area contributed by atoms with Crippen molar-refractivity contribution in [3.05, 3.63) is 92.1 Å². The molecule has 4 rings (SSSR count). The number of nitrogens with one attached hydrogen (secondary N) is 1. The molecule has 0 saturated carbocycles. The average molecular weight is 590 g/mol. The molecule has 0 unspecified atom stereocenters. The summed E-state index contributed by atoms with van der Waals surface area (Å²) in [4.78, 5) is 0. The van der Waals surface area contributed by atoms with Crippen LogP contribution in [0.4, 0.5) is 13.2 Å². The van der Waals surface area contributed by atoms with Gasteiger partial charge in [0.2, 0.25) is 0 Å². The third kappa shape index (κ3) is 5.25. The number of benzene rings is 3. The van der Waals surface area contributed by atoms with Crippen molar-refractivity contribution in [1.82, 2.24) is 5.32 Å². The molecule has 0 aromatic heterocycles. The highest BCUT2D eigenvalue weighted by Crippen LogP contribution is 2.44. The SMILES string of the molecule is Cc1c(COCC2(c3ccccc3)CCNCC2)c(C#N)c(C(F)(F)F)c(I)c1-c1ccccc1. The summed E-state index contributed by atoms with van der Waals surface area (Å²) in [6.07, 6.45) is -2.92. The van der Waals surface area contributed by atoms with Gasteiger partial charge in [-0.15, -0.1) is 0 Å². The molecule has 1 aliphatic heterocycles. The van der Waals surface area contributed by atoms with Crippen LogP contribution in [-0.4, -0.2) is 19.7 Å². The maximum Gasteiger partial charge on any atom is 0.418 e. The Morgan fingerprint density at radius 3 is 2.20 bits per heavy atom. The molecule has 1 saturated heterocycles. The summed E-state index contributed by atoms with van der Waals surface area (Å²) in [6.45, 7) is 3.79. The molecule has 182 valence electrons. The molecule has 0 radical (unpaired) electrons. The van der Waals surface area contributed by atoms with Gasteiger partial charge < -0.3 is 10.1 Å². The van der Waals surface area contributed by atoms with Gasteiger partial charge in [0.1, 0.15) is 6.07 Å². The molecule has 3 aromatic rings. The first kappa shape index (κ1) is 25.7. The Morgan fingerprint density at radius 1 is 1.03 bits per heavy atom. The number of piperidine rings is 1. The highest BCUT2D eigenvalue weighted by molar-refractivity contribution is 14.1. The largest absolute Gasteiger partial charge is 0.418 e. The first-order chi connectivity index (χ1) is 16.8. The fourth-order valence-electron chi connectivity index (χ4n) is 4.97. The van der Waals surface area contributed by atoms with Gasteiger partial charge in [-0.3, -0.25) is 0 Å². The number of nitriles is 1. The summed E-state index contributed by atoms with van der Waals surface area (Å²) < 4.78 is 48.8. The van der Waals surface area contributed by atoms with E-state index in [9.17, 15) is 18.4 Å². The van der Waals surface area contributed by atoms with Crippen molar-refractivity contribution in [2.75, 3.05) is 19.7 Å². The van der Waals surface area contributed by atoms with E-state index in [1.54, 1.807) is 53.8 Å². The van der Waals surface area contributed by atoms with Crippen molar-refractivity contribution in [2.24, 2.45) is 0 Å². The van der Waals surface area contributed by atoms with Crippen molar-refractivity contribution in [1.29, 1.82) is 5.26 Å². The summed E-state index contributed by atoms with van der Waals surface area (Å²) in [6, 6.07) is 21.0. The molecule has 0 aliphatic carbocycles. The predicted molar refractivity (Wildman–Crippen MR) is 139 cm³/mol. The van der Waals surface area contributed by atoms with Crippen LogP contribution in [0.25, 0.3) is 11.1 Å². The Labute approximate surface area is 217 Å². The van der Waals surface area contributed by atoms with Gasteiger partial charge in [-0.25, -0.2) is 0 Å². The molecule has 1 N–H and O–H groups in total. The topological polar surface area (TPSA) is 45.0 Å². The Bertz CT molecular complexity index is 1220. The number of halogens is 4. The highest BCUT2D eigenvalue weighted by Gasteiger charge is 2.40. The summed E-state index contributed by atoms with van der Waals surface area (Å²) >= 11 is 1.72. The lowest BCUT2D eigenvalue weighted by Gasteiger charge is -2.38. The van der Waals surface area contributed by atoms with Crippen molar-refractivity contribution in [2.45, 2.75) is 38.0 Å². The molecule has 35 heavy (non-hydrogen) atoms. The Kier molecular flexibility index (Phi) is 7.84. The number of alkyl halides is 3. The zero-order valence-corrected chi connectivity index (χ0v) is 21.5. The molecule has 0 amide bonds. The van der Waals surface area contributed by atoms with Crippen LogP contribution in [-0.2, 0) is 22.9 Å². The van der Waals surface area contributed by atoms with Crippen molar-refractivity contribution < 1.29 is 17.9 Å². The van der Waals surface area contributed by atoms with Crippen molar-refractivity contribution in [3.8, 4) is 17.2 Å². The van der Waals surface area contributed by atoms with Gasteiger partial charge in [-0.1, -0.05) is 60.7 Å². The highest BCUT2D eigenvalue weighted by atomic mass is 127. The first-order valence-electron chi connectivity index (χ1n) is 11.5. The van der Waals surface area contributed by atoms with Crippen molar-refractivity contribution in [3.63, 3.8) is 0 Å². The van der Waals surface area contributed by atoms with Gasteiger partial charge in [-0.2, -0.15) is 18.4 Å². The van der Waals surface area contributed by atoms with Gasteiger partial charge >= 0.3 is 6.18 Å². The van der Waals surface area contributed by atoms with E-state index in [-0.39, 0.29) is 21.2 Å². The van der Waals surface area contributed by atoms with E-state index in [0.717, 1.165) is 25.9 Å². The normalized spacial score (nSPS) is 15.5. The second-order valence-electron chi connectivity index (χ2n) is 8.91. The van der Waals surface area contributed by atoms with E-state index in [2.05, 4.69) is 17.4 Å². The van der Waals surface area contributed by atoms with Crippen LogP contribution in [0.1, 0.15) is 40.7 Å². The second kappa shape index (κ2) is 10.7. The van der Waals surface area contributed by atoms with Crippen LogP contribution in [0.2, 0.25) is 0 Å². The van der Waals surface area contributed by atoms with E-state index >= 15 is 0 Å². The van der Waals surface area contributed by atoms with Gasteiger partial charge in [0.15, 0.2) is 0 Å². The minimum atomic E-state index is -4.66. The lowest BCUT2D eigenvalue weighted by molar-refractivity contribution is -0.138. The standard InChI is InChI=1S/C28H26F3IN2O/c1-19-23(17-35-18-27(12-14-34-15-13-27)21-10-6-3-7-11-21)22(16-33)25(28(29,30)31)26(32)24(19)20-8-4-2-5-9-20/h2-11,34H,12-15,17-18H2,1H3. The van der Waals surface area contributed by atoms with E-state index < -0.39 is 11.7 Å². The number of rotatable bonds is 6. The smallest absolute Gasteiger partial charge is 0.376 e. The summed E-state index contributed by atoms with van der Waals surface area (Å²) in [7, 11) is 0. The molecule has 0 bridgehead atoms. The summed E-state index contributed by atoms with van der Waals surface area (Å²) in [5.74, 6) is 0. The first-order valence-corrected chi connectivity index (χ1v) is 12.6. The van der Waals surface area contributed by atoms with Crippen LogP contribution < -0.4 is 5.32 Å². The Morgan fingerprint density at radius 2 is 1.63 bits per heavy atom.